The molecular weight excluding hydrogens is 212 g/mol. The number of carbonyl (C=O) groups is 1. The summed E-state index contributed by atoms with van der Waals surface area (Å²) in [4.78, 5) is 11.0. The number of halogens is 1. The van der Waals surface area contributed by atoms with Crippen LogP contribution in [0, 0.1) is 0 Å². The highest BCUT2D eigenvalue weighted by molar-refractivity contribution is 9.10. The molecule has 0 fully saturated rings. The molecule has 0 saturated carbocycles. The van der Waals surface area contributed by atoms with Gasteiger partial charge in [-0.15, -0.1) is 0 Å². The van der Waals surface area contributed by atoms with Gasteiger partial charge < -0.3 is 9.15 Å². The van der Waals surface area contributed by atoms with E-state index in [4.69, 9.17) is 9.15 Å². The van der Waals surface area contributed by atoms with Crippen LogP contribution >= 0.6 is 15.9 Å². The van der Waals surface area contributed by atoms with Crippen LogP contribution in [0.1, 0.15) is 17.5 Å². The molecule has 0 unspecified atom stereocenters. The van der Waals surface area contributed by atoms with E-state index < -0.39 is 5.97 Å². The Balaban J connectivity index is 2.76. The van der Waals surface area contributed by atoms with Crippen LogP contribution in [0.15, 0.2) is 21.2 Å². The van der Waals surface area contributed by atoms with E-state index in [2.05, 4.69) is 15.9 Å². The highest BCUT2D eigenvalue weighted by Gasteiger charge is 2.13. The van der Waals surface area contributed by atoms with E-state index in [1.807, 2.05) is 0 Å². The van der Waals surface area contributed by atoms with Gasteiger partial charge in [-0.3, -0.25) is 0 Å². The summed E-state index contributed by atoms with van der Waals surface area (Å²) in [5.41, 5.74) is 0. The number of furan rings is 1. The monoisotopic (exact) mass is 218 g/mol. The van der Waals surface area contributed by atoms with Gasteiger partial charge >= 0.3 is 5.97 Å². The molecule has 1 aromatic heterocycles. The first-order valence-electron chi connectivity index (χ1n) is 3.15. The molecule has 11 heavy (non-hydrogen) atoms. The lowest BCUT2D eigenvalue weighted by atomic mass is 10.5. The number of ether oxygens (including phenoxy) is 1. The maximum absolute atomic E-state index is 11.0. The van der Waals surface area contributed by atoms with E-state index in [1.165, 1.54) is 6.26 Å². The van der Waals surface area contributed by atoms with Crippen molar-refractivity contribution in [2.45, 2.75) is 6.92 Å². The summed E-state index contributed by atoms with van der Waals surface area (Å²) >= 11 is 3.14. The van der Waals surface area contributed by atoms with Crippen molar-refractivity contribution in [3.63, 3.8) is 0 Å². The van der Waals surface area contributed by atoms with Crippen molar-refractivity contribution in [1.82, 2.24) is 0 Å². The second-order valence-corrected chi connectivity index (χ2v) is 2.67. The van der Waals surface area contributed by atoms with Crippen molar-refractivity contribution in [3.05, 3.63) is 22.6 Å². The van der Waals surface area contributed by atoms with Gasteiger partial charge in [0.05, 0.1) is 17.3 Å². The molecule has 0 aliphatic rings. The molecule has 1 rings (SSSR count). The number of esters is 1. The molecule has 0 aromatic carbocycles. The Morgan fingerprint density at radius 2 is 2.55 bits per heavy atom. The Labute approximate surface area is 72.5 Å². The van der Waals surface area contributed by atoms with Gasteiger partial charge in [-0.05, 0) is 28.9 Å². The summed E-state index contributed by atoms with van der Waals surface area (Å²) in [7, 11) is 0. The Morgan fingerprint density at radius 3 is 3.00 bits per heavy atom. The van der Waals surface area contributed by atoms with E-state index in [0.29, 0.717) is 11.1 Å². The molecular formula is C7H7BrO3. The summed E-state index contributed by atoms with van der Waals surface area (Å²) < 4.78 is 10.2. The fourth-order valence-corrected chi connectivity index (χ4v) is 0.999. The van der Waals surface area contributed by atoms with Gasteiger partial charge in [0.2, 0.25) is 5.76 Å². The Bertz CT molecular complexity index is 254. The van der Waals surface area contributed by atoms with E-state index in [1.54, 1.807) is 13.0 Å². The molecule has 0 aliphatic heterocycles. The molecule has 0 spiro atoms. The minimum atomic E-state index is -0.440. The zero-order valence-corrected chi connectivity index (χ0v) is 7.55. The summed E-state index contributed by atoms with van der Waals surface area (Å²) in [6.45, 7) is 2.10. The smallest absolute Gasteiger partial charge is 0.375 e. The molecule has 0 bridgehead atoms. The van der Waals surface area contributed by atoms with Crippen molar-refractivity contribution < 1.29 is 13.9 Å². The van der Waals surface area contributed by atoms with Gasteiger partial charge in [0.25, 0.3) is 0 Å². The molecule has 0 amide bonds. The van der Waals surface area contributed by atoms with Crippen LogP contribution in [0.25, 0.3) is 0 Å². The van der Waals surface area contributed by atoms with Gasteiger partial charge in [-0.25, -0.2) is 4.79 Å². The maximum atomic E-state index is 11.0. The van der Waals surface area contributed by atoms with Gasteiger partial charge in [0.1, 0.15) is 0 Å². The van der Waals surface area contributed by atoms with Crippen LogP contribution in [-0.2, 0) is 4.74 Å². The molecule has 0 saturated heterocycles. The third-order valence-electron chi connectivity index (χ3n) is 1.08. The van der Waals surface area contributed by atoms with Crippen molar-refractivity contribution in [3.8, 4) is 0 Å². The largest absolute Gasteiger partial charge is 0.460 e. The predicted octanol–water partition coefficient (Wildman–Crippen LogP) is 2.22. The zero-order valence-electron chi connectivity index (χ0n) is 5.96. The average Bonchev–Trinajstić information content (AvgIpc) is 2.36. The van der Waals surface area contributed by atoms with Crippen LogP contribution in [-0.4, -0.2) is 12.6 Å². The van der Waals surface area contributed by atoms with Crippen LogP contribution in [0.3, 0.4) is 0 Å². The fraction of sp³-hybridized carbons (Fsp3) is 0.286. The van der Waals surface area contributed by atoms with Gasteiger partial charge in [-0.2, -0.15) is 0 Å². The van der Waals surface area contributed by atoms with Crippen molar-refractivity contribution >= 4 is 21.9 Å². The molecule has 0 N–H and O–H groups in total. The highest BCUT2D eigenvalue weighted by Crippen LogP contribution is 2.17. The van der Waals surface area contributed by atoms with E-state index >= 15 is 0 Å². The molecule has 4 heteroatoms. The summed E-state index contributed by atoms with van der Waals surface area (Å²) in [5.74, 6) is -0.226. The normalized spacial score (nSPS) is 9.64. The van der Waals surface area contributed by atoms with Crippen LogP contribution < -0.4 is 0 Å². The van der Waals surface area contributed by atoms with E-state index in [-0.39, 0.29) is 5.76 Å². The van der Waals surface area contributed by atoms with Crippen LogP contribution in [0.4, 0.5) is 0 Å². The number of hydrogen-bond donors (Lipinski definition) is 0. The summed E-state index contributed by atoms with van der Waals surface area (Å²) in [6.07, 6.45) is 1.43. The Morgan fingerprint density at radius 1 is 1.82 bits per heavy atom. The van der Waals surface area contributed by atoms with Crippen molar-refractivity contribution in [2.24, 2.45) is 0 Å². The minimum absolute atomic E-state index is 0.215. The highest BCUT2D eigenvalue weighted by atomic mass is 79.9. The first-order chi connectivity index (χ1) is 5.25. The molecule has 3 nitrogen and oxygen atoms in total. The topological polar surface area (TPSA) is 39.4 Å². The Hall–Kier alpha value is -0.770. The lowest BCUT2D eigenvalue weighted by molar-refractivity contribution is 0.0488. The SMILES string of the molecule is CCOC(=O)c1occc1Br. The average molecular weight is 219 g/mol. The molecule has 1 heterocycles. The van der Waals surface area contributed by atoms with Crippen LogP contribution in [0.2, 0.25) is 0 Å². The summed E-state index contributed by atoms with van der Waals surface area (Å²) in [6, 6.07) is 1.65. The zero-order chi connectivity index (χ0) is 8.27. The lowest BCUT2D eigenvalue weighted by Gasteiger charge is -1.96. The first kappa shape index (κ1) is 8.33. The number of hydrogen-bond acceptors (Lipinski definition) is 3. The molecule has 0 aliphatic carbocycles. The molecule has 0 radical (unpaired) electrons. The lowest BCUT2D eigenvalue weighted by Crippen LogP contribution is -2.03. The number of rotatable bonds is 2. The van der Waals surface area contributed by atoms with Crippen LogP contribution in [0.5, 0.6) is 0 Å². The second-order valence-electron chi connectivity index (χ2n) is 1.82. The Kier molecular flexibility index (Phi) is 2.70. The van der Waals surface area contributed by atoms with Crippen molar-refractivity contribution in [1.29, 1.82) is 0 Å². The molecule has 1 aromatic rings. The number of carbonyl (C=O) groups excluding carboxylic acids is 1. The fourth-order valence-electron chi connectivity index (χ4n) is 0.636. The molecule has 60 valence electrons. The van der Waals surface area contributed by atoms with Gasteiger partial charge in [0, 0.05) is 0 Å². The quantitative estimate of drug-likeness (QED) is 0.716. The van der Waals surface area contributed by atoms with E-state index in [0.717, 1.165) is 0 Å². The van der Waals surface area contributed by atoms with E-state index in [9.17, 15) is 4.79 Å². The first-order valence-corrected chi connectivity index (χ1v) is 3.95. The summed E-state index contributed by atoms with van der Waals surface area (Å²) in [5, 5.41) is 0. The molecule has 0 atom stereocenters. The predicted molar refractivity (Wildman–Crippen MR) is 42.4 cm³/mol. The minimum Gasteiger partial charge on any atom is -0.460 e. The maximum Gasteiger partial charge on any atom is 0.375 e. The third-order valence-corrected chi connectivity index (χ3v) is 1.70. The third kappa shape index (κ3) is 1.83. The van der Waals surface area contributed by atoms with Crippen molar-refractivity contribution in [2.75, 3.05) is 6.61 Å². The standard InChI is InChI=1S/C7H7BrO3/c1-2-10-7(9)6-5(8)3-4-11-6/h3-4H,2H2,1H3. The van der Waals surface area contributed by atoms with Gasteiger partial charge in [0.15, 0.2) is 0 Å². The van der Waals surface area contributed by atoms with Gasteiger partial charge in [-0.1, -0.05) is 0 Å². The second kappa shape index (κ2) is 3.57.